The predicted molar refractivity (Wildman–Crippen MR) is 80.7 cm³/mol. The van der Waals surface area contributed by atoms with E-state index in [-0.39, 0.29) is 6.04 Å². The molecule has 6 nitrogen and oxygen atoms in total. The lowest BCUT2D eigenvalue weighted by Gasteiger charge is -2.35. The van der Waals surface area contributed by atoms with Crippen LogP contribution in [0, 0.1) is 6.92 Å². The number of carboxylic acid groups (broad SMARTS) is 1. The minimum Gasteiger partial charge on any atom is -0.478 e. The monoisotopic (exact) mass is 301 g/mol. The second-order valence-corrected chi connectivity index (χ2v) is 5.53. The molecule has 0 radical (unpaired) electrons. The number of morpholine rings is 1. The van der Waals surface area contributed by atoms with Gasteiger partial charge in [-0.1, -0.05) is 12.1 Å². The number of aromatic amines is 1. The maximum Gasteiger partial charge on any atom is 0.335 e. The van der Waals surface area contributed by atoms with Crippen molar-refractivity contribution in [2.75, 3.05) is 19.8 Å². The predicted octanol–water partition coefficient (Wildman–Crippen LogP) is 1.99. The number of ether oxygens (including phenoxy) is 1. The Morgan fingerprint density at radius 2 is 2.41 bits per heavy atom. The number of hydrogen-bond acceptors (Lipinski definition) is 4. The number of rotatable bonds is 4. The number of carbonyl (C=O) groups is 1. The van der Waals surface area contributed by atoms with Crippen LogP contribution < -0.4 is 0 Å². The molecule has 0 saturated carbocycles. The molecule has 1 atom stereocenters. The summed E-state index contributed by atoms with van der Waals surface area (Å²) in [5, 5.41) is 16.3. The number of nitrogens with one attached hydrogen (secondary N) is 1. The van der Waals surface area contributed by atoms with Gasteiger partial charge < -0.3 is 9.84 Å². The topological polar surface area (TPSA) is 78.5 Å². The SMILES string of the molecule is Cc1cn[nH]c1[C@@H]1COCCN1Cc1cccc(C(=O)O)c1. The molecule has 22 heavy (non-hydrogen) atoms. The fourth-order valence-electron chi connectivity index (χ4n) is 2.82. The third-order valence-electron chi connectivity index (χ3n) is 4.00. The van der Waals surface area contributed by atoms with Crippen LogP contribution in [0.25, 0.3) is 0 Å². The van der Waals surface area contributed by atoms with Crippen LogP contribution in [0.1, 0.15) is 33.2 Å². The van der Waals surface area contributed by atoms with Crippen molar-refractivity contribution in [1.82, 2.24) is 15.1 Å². The molecule has 0 bridgehead atoms. The molecule has 1 aliphatic rings. The third kappa shape index (κ3) is 3.03. The van der Waals surface area contributed by atoms with Gasteiger partial charge in [0.2, 0.25) is 0 Å². The van der Waals surface area contributed by atoms with Crippen LogP contribution in [0.2, 0.25) is 0 Å². The Kier molecular flexibility index (Phi) is 4.22. The Morgan fingerprint density at radius 3 is 3.14 bits per heavy atom. The van der Waals surface area contributed by atoms with Gasteiger partial charge in [-0.25, -0.2) is 4.79 Å². The van der Waals surface area contributed by atoms with Gasteiger partial charge in [-0.15, -0.1) is 0 Å². The van der Waals surface area contributed by atoms with Gasteiger partial charge >= 0.3 is 5.97 Å². The first-order valence-electron chi connectivity index (χ1n) is 7.29. The molecule has 1 aromatic carbocycles. The molecule has 1 saturated heterocycles. The zero-order valence-electron chi connectivity index (χ0n) is 12.5. The van der Waals surface area contributed by atoms with Crippen LogP contribution in [0.4, 0.5) is 0 Å². The van der Waals surface area contributed by atoms with Crippen LogP contribution in [0.3, 0.4) is 0 Å². The van der Waals surface area contributed by atoms with Crippen molar-refractivity contribution in [2.24, 2.45) is 0 Å². The molecule has 3 rings (SSSR count). The molecule has 2 N–H and O–H groups in total. The number of nitrogens with zero attached hydrogens (tertiary/aromatic N) is 2. The molecule has 0 spiro atoms. The maximum absolute atomic E-state index is 11.1. The number of aromatic nitrogens is 2. The molecule has 1 fully saturated rings. The van der Waals surface area contributed by atoms with Crippen molar-refractivity contribution in [3.05, 3.63) is 52.8 Å². The average molecular weight is 301 g/mol. The minimum absolute atomic E-state index is 0.115. The van der Waals surface area contributed by atoms with Crippen LogP contribution >= 0.6 is 0 Å². The average Bonchev–Trinajstić information content (AvgIpc) is 2.94. The number of aryl methyl sites for hydroxylation is 1. The summed E-state index contributed by atoms with van der Waals surface area (Å²) in [4.78, 5) is 13.4. The summed E-state index contributed by atoms with van der Waals surface area (Å²) in [6, 6.07) is 7.20. The number of H-pyrrole nitrogens is 1. The molecule has 1 aliphatic heterocycles. The summed E-state index contributed by atoms with van der Waals surface area (Å²) >= 11 is 0. The van der Waals surface area contributed by atoms with Crippen molar-refractivity contribution in [3.63, 3.8) is 0 Å². The number of hydrogen-bond donors (Lipinski definition) is 2. The van der Waals surface area contributed by atoms with Crippen molar-refractivity contribution in [1.29, 1.82) is 0 Å². The first kappa shape index (κ1) is 14.7. The normalized spacial score (nSPS) is 19.2. The van der Waals surface area contributed by atoms with E-state index >= 15 is 0 Å². The van der Waals surface area contributed by atoms with Gasteiger partial charge in [-0.05, 0) is 30.2 Å². The standard InChI is InChI=1S/C16H19N3O3/c1-11-8-17-18-15(11)14-10-22-6-5-19(14)9-12-3-2-4-13(7-12)16(20)21/h2-4,7-8,14H,5-6,9-10H2,1H3,(H,17,18)(H,20,21)/t14-/m0/s1. The molecule has 116 valence electrons. The Balaban J connectivity index is 1.81. The summed E-state index contributed by atoms with van der Waals surface area (Å²) in [6.45, 7) is 4.81. The Morgan fingerprint density at radius 1 is 1.55 bits per heavy atom. The van der Waals surface area contributed by atoms with Gasteiger partial charge in [0, 0.05) is 13.1 Å². The minimum atomic E-state index is -0.898. The highest BCUT2D eigenvalue weighted by atomic mass is 16.5. The van der Waals surface area contributed by atoms with Gasteiger partial charge in [-0.2, -0.15) is 5.10 Å². The summed E-state index contributed by atoms with van der Waals surface area (Å²) < 4.78 is 5.61. The van der Waals surface area contributed by atoms with Crippen molar-refractivity contribution in [3.8, 4) is 0 Å². The van der Waals surface area contributed by atoms with Crippen molar-refractivity contribution < 1.29 is 14.6 Å². The molecule has 0 aliphatic carbocycles. The van der Waals surface area contributed by atoms with Crippen LogP contribution in [-0.2, 0) is 11.3 Å². The fourth-order valence-corrected chi connectivity index (χ4v) is 2.82. The van der Waals surface area contributed by atoms with E-state index in [0.29, 0.717) is 25.3 Å². The van der Waals surface area contributed by atoms with Gasteiger partial charge in [-0.3, -0.25) is 10.00 Å². The zero-order chi connectivity index (χ0) is 15.5. The number of aromatic carboxylic acids is 1. The first-order valence-corrected chi connectivity index (χ1v) is 7.29. The molecular weight excluding hydrogens is 282 g/mol. The highest BCUT2D eigenvalue weighted by molar-refractivity contribution is 5.87. The van der Waals surface area contributed by atoms with Crippen LogP contribution in [0.15, 0.2) is 30.5 Å². The lowest BCUT2D eigenvalue weighted by Crippen LogP contribution is -2.39. The van der Waals surface area contributed by atoms with Gasteiger partial charge in [0.1, 0.15) is 0 Å². The fraction of sp³-hybridized carbons (Fsp3) is 0.375. The highest BCUT2D eigenvalue weighted by Gasteiger charge is 2.27. The van der Waals surface area contributed by atoms with E-state index in [9.17, 15) is 4.79 Å². The number of carboxylic acids is 1. The van der Waals surface area contributed by atoms with Crippen molar-refractivity contribution >= 4 is 5.97 Å². The third-order valence-corrected chi connectivity index (χ3v) is 4.00. The maximum atomic E-state index is 11.1. The van der Waals surface area contributed by atoms with Crippen LogP contribution in [0.5, 0.6) is 0 Å². The lowest BCUT2D eigenvalue weighted by molar-refractivity contribution is -0.0145. The van der Waals surface area contributed by atoms with Crippen LogP contribution in [-0.4, -0.2) is 45.9 Å². The summed E-state index contributed by atoms with van der Waals surface area (Å²) in [6.07, 6.45) is 1.81. The van der Waals surface area contributed by atoms with Gasteiger partial charge in [0.15, 0.2) is 0 Å². The molecule has 2 heterocycles. The Labute approximate surface area is 128 Å². The second kappa shape index (κ2) is 6.29. The Hall–Kier alpha value is -2.18. The van der Waals surface area contributed by atoms with E-state index in [0.717, 1.165) is 23.4 Å². The molecule has 0 unspecified atom stereocenters. The highest BCUT2D eigenvalue weighted by Crippen LogP contribution is 2.26. The largest absolute Gasteiger partial charge is 0.478 e. The van der Waals surface area contributed by atoms with E-state index in [1.165, 1.54) is 0 Å². The molecule has 0 amide bonds. The van der Waals surface area contributed by atoms with E-state index in [1.54, 1.807) is 18.2 Å². The van der Waals surface area contributed by atoms with Crippen molar-refractivity contribution in [2.45, 2.75) is 19.5 Å². The first-order chi connectivity index (χ1) is 10.6. The second-order valence-electron chi connectivity index (χ2n) is 5.53. The zero-order valence-corrected chi connectivity index (χ0v) is 12.5. The molecule has 1 aromatic heterocycles. The van der Waals surface area contributed by atoms with E-state index in [1.807, 2.05) is 19.2 Å². The van der Waals surface area contributed by atoms with E-state index < -0.39 is 5.97 Å². The molecule has 6 heteroatoms. The lowest BCUT2D eigenvalue weighted by atomic mass is 10.1. The smallest absolute Gasteiger partial charge is 0.335 e. The summed E-state index contributed by atoms with van der Waals surface area (Å²) in [5.74, 6) is -0.898. The van der Waals surface area contributed by atoms with E-state index in [4.69, 9.17) is 9.84 Å². The number of benzene rings is 1. The van der Waals surface area contributed by atoms with Gasteiger partial charge in [0.05, 0.1) is 36.7 Å². The quantitative estimate of drug-likeness (QED) is 0.903. The summed E-state index contributed by atoms with van der Waals surface area (Å²) in [7, 11) is 0. The summed E-state index contributed by atoms with van der Waals surface area (Å²) in [5.41, 5.74) is 3.48. The molecule has 2 aromatic rings. The molecular formula is C16H19N3O3. The Bertz CT molecular complexity index is 668. The van der Waals surface area contributed by atoms with E-state index in [2.05, 4.69) is 15.1 Å². The van der Waals surface area contributed by atoms with Gasteiger partial charge in [0.25, 0.3) is 0 Å².